The van der Waals surface area contributed by atoms with E-state index >= 15 is 0 Å². The van der Waals surface area contributed by atoms with Gasteiger partial charge in [-0.3, -0.25) is 0 Å². The van der Waals surface area contributed by atoms with Gasteiger partial charge in [0.1, 0.15) is 0 Å². The monoisotopic (exact) mass is 359 g/mol. The topological polar surface area (TPSA) is 21.3 Å². The molecular formula is C16H13ClNOY. The molecule has 0 amide bonds. The second kappa shape index (κ2) is 5.10. The summed E-state index contributed by atoms with van der Waals surface area (Å²) in [7, 11) is 0. The van der Waals surface area contributed by atoms with Crippen LogP contribution in [-0.4, -0.2) is 13.1 Å². The standard InChI is InChI=1S/C16H13ClNO.Y/c17-10-5-6-16-12(7-10)14-9-18-8-13(14)11-3-1-2-4-15(11)19-16;/h2-7,13-14,18H,8-9H2;/t13-,14-;/m1./s1. The van der Waals surface area contributed by atoms with Crippen LogP contribution in [0.15, 0.2) is 36.4 Å². The van der Waals surface area contributed by atoms with Gasteiger partial charge in [-0.2, -0.15) is 0 Å². The quantitative estimate of drug-likeness (QED) is 0.780. The molecule has 0 aromatic heterocycles. The van der Waals surface area contributed by atoms with Crippen molar-refractivity contribution in [1.29, 1.82) is 0 Å². The molecule has 4 rings (SSSR count). The zero-order valence-electron chi connectivity index (χ0n) is 10.9. The second-order valence-electron chi connectivity index (χ2n) is 5.45. The van der Waals surface area contributed by atoms with Crippen molar-refractivity contribution in [3.05, 3.63) is 52.5 Å². The second-order valence-corrected chi connectivity index (χ2v) is 7.53. The molecule has 98 valence electrons. The molecule has 2 aromatic carbocycles. The predicted octanol–water partition coefficient (Wildman–Crippen LogP) is 3.09. The first-order valence-electron chi connectivity index (χ1n) is 6.80. The van der Waals surface area contributed by atoms with Gasteiger partial charge in [-0.25, -0.2) is 0 Å². The molecule has 2 heterocycles. The molecule has 0 bridgehead atoms. The van der Waals surface area contributed by atoms with Crippen molar-refractivity contribution in [3.8, 4) is 11.5 Å². The molecular weight excluding hydrogens is 347 g/mol. The number of halogens is 1. The number of hydrogen-bond acceptors (Lipinski definition) is 2. The summed E-state index contributed by atoms with van der Waals surface area (Å²) >= 11 is 7.33. The molecule has 0 unspecified atom stereocenters. The summed E-state index contributed by atoms with van der Waals surface area (Å²) in [5.74, 6) is 2.89. The van der Waals surface area contributed by atoms with E-state index in [-0.39, 0.29) is 0 Å². The van der Waals surface area contributed by atoms with Crippen molar-refractivity contribution < 1.29 is 35.7 Å². The van der Waals surface area contributed by atoms with Crippen LogP contribution in [0.1, 0.15) is 23.0 Å². The van der Waals surface area contributed by atoms with E-state index < -0.39 is 0 Å². The Hall–Kier alpha value is -0.406. The molecule has 1 fully saturated rings. The first-order chi connectivity index (χ1) is 9.72. The minimum atomic E-state index is 0.451. The van der Waals surface area contributed by atoms with Crippen molar-refractivity contribution in [2.24, 2.45) is 0 Å². The van der Waals surface area contributed by atoms with E-state index in [4.69, 9.17) is 16.3 Å². The van der Waals surface area contributed by atoms with Gasteiger partial charge in [0, 0.05) is 0 Å². The molecule has 2 aromatic rings. The Bertz CT molecular complexity index is 631. The molecule has 0 saturated carbocycles. The molecule has 2 nitrogen and oxygen atoms in total. The van der Waals surface area contributed by atoms with Crippen LogP contribution in [0.3, 0.4) is 0 Å². The number of fused-ring (bicyclic) bond motifs is 5. The Labute approximate surface area is 143 Å². The van der Waals surface area contributed by atoms with Crippen LogP contribution < -0.4 is 12.4 Å². The summed E-state index contributed by atoms with van der Waals surface area (Å²) in [6, 6.07) is 12.6. The van der Waals surface area contributed by atoms with Gasteiger partial charge in [-0.05, 0) is 0 Å². The number of hydrogen-bond donors (Lipinski definition) is 1. The molecule has 0 spiro atoms. The molecule has 2 aliphatic heterocycles. The molecule has 20 heavy (non-hydrogen) atoms. The van der Waals surface area contributed by atoms with Crippen LogP contribution in [0.2, 0.25) is 5.02 Å². The van der Waals surface area contributed by atoms with Gasteiger partial charge in [0.05, 0.1) is 0 Å². The average Bonchev–Trinajstić information content (AvgIpc) is 2.87. The fourth-order valence-electron chi connectivity index (χ4n) is 3.30. The van der Waals surface area contributed by atoms with E-state index in [2.05, 4.69) is 29.6 Å². The first kappa shape index (κ1) is 13.3. The Kier molecular flexibility index (Phi) is 3.38. The maximum absolute atomic E-state index is 6.19. The SMILES string of the molecule is Clc1ccc2c(c1)[C@H]1CNC[C@@H]1c1c[c]([Y])ccc1O2. The van der Waals surface area contributed by atoms with E-state index in [0.29, 0.717) is 11.8 Å². The van der Waals surface area contributed by atoms with Gasteiger partial charge < -0.3 is 0 Å². The van der Waals surface area contributed by atoms with Gasteiger partial charge in [0.25, 0.3) is 0 Å². The third kappa shape index (κ3) is 2.14. The zero-order valence-corrected chi connectivity index (χ0v) is 14.5. The van der Waals surface area contributed by atoms with Crippen molar-refractivity contribution >= 4 is 14.0 Å². The van der Waals surface area contributed by atoms with Crippen molar-refractivity contribution in [3.63, 3.8) is 0 Å². The van der Waals surface area contributed by atoms with Crippen LogP contribution in [0, 0.1) is 0 Å². The Morgan fingerprint density at radius 1 is 1.00 bits per heavy atom. The Balaban J connectivity index is 1.94. The van der Waals surface area contributed by atoms with E-state index in [1.807, 2.05) is 12.1 Å². The van der Waals surface area contributed by atoms with Crippen LogP contribution in [0.25, 0.3) is 0 Å². The van der Waals surface area contributed by atoms with Gasteiger partial charge >= 0.3 is 144 Å². The molecule has 2 aliphatic rings. The number of rotatable bonds is 0. The fourth-order valence-corrected chi connectivity index (χ4v) is 4.16. The van der Waals surface area contributed by atoms with Gasteiger partial charge in [0.15, 0.2) is 0 Å². The minimum absolute atomic E-state index is 0.451. The summed E-state index contributed by atoms with van der Waals surface area (Å²) in [5, 5.41) is 4.31. The molecule has 1 N–H and O–H groups in total. The van der Waals surface area contributed by atoms with E-state index in [1.54, 1.807) is 0 Å². The summed E-state index contributed by atoms with van der Waals surface area (Å²) in [4.78, 5) is 0. The Morgan fingerprint density at radius 3 is 2.40 bits per heavy atom. The van der Waals surface area contributed by atoms with Gasteiger partial charge in [-0.1, -0.05) is 0 Å². The van der Waals surface area contributed by atoms with E-state index in [1.165, 1.54) is 13.5 Å². The van der Waals surface area contributed by atoms with E-state index in [9.17, 15) is 0 Å². The van der Waals surface area contributed by atoms with Crippen LogP contribution in [0.5, 0.6) is 11.5 Å². The van der Waals surface area contributed by atoms with Crippen LogP contribution in [0.4, 0.5) is 0 Å². The fraction of sp³-hybridized carbons (Fsp3) is 0.250. The summed E-state index contributed by atoms with van der Waals surface area (Å²) in [6.07, 6.45) is 0. The van der Waals surface area contributed by atoms with Crippen LogP contribution in [-0.2, 0) is 31.0 Å². The normalized spacial score (nSPS) is 23.2. The third-order valence-corrected chi connectivity index (χ3v) is 5.36. The van der Waals surface area contributed by atoms with Crippen molar-refractivity contribution in [2.45, 2.75) is 11.8 Å². The first-order valence-corrected chi connectivity index (χ1v) is 8.59. The molecule has 0 radical (unpaired) electrons. The number of nitrogens with one attached hydrogen (secondary N) is 1. The summed E-state index contributed by atoms with van der Waals surface area (Å²) < 4.78 is 7.59. The summed E-state index contributed by atoms with van der Waals surface area (Å²) in [5.41, 5.74) is 2.58. The van der Waals surface area contributed by atoms with Gasteiger partial charge in [0.2, 0.25) is 0 Å². The van der Waals surface area contributed by atoms with Gasteiger partial charge in [-0.15, -0.1) is 0 Å². The van der Waals surface area contributed by atoms with Crippen LogP contribution >= 0.6 is 11.6 Å². The average molecular weight is 360 g/mol. The molecule has 1 saturated heterocycles. The molecule has 2 atom stereocenters. The van der Waals surface area contributed by atoms with Crippen molar-refractivity contribution in [2.75, 3.05) is 13.1 Å². The van der Waals surface area contributed by atoms with E-state index in [0.717, 1.165) is 60.6 Å². The Morgan fingerprint density at radius 2 is 1.65 bits per heavy atom. The summed E-state index contributed by atoms with van der Waals surface area (Å²) in [6.45, 7) is 2.00. The third-order valence-electron chi connectivity index (χ3n) is 4.24. The zero-order chi connectivity index (χ0) is 13.7. The molecule has 4 heteroatoms. The number of benzene rings is 2. The molecule has 0 aliphatic carbocycles. The number of ether oxygens (including phenoxy) is 1. The maximum atomic E-state index is 6.19. The van der Waals surface area contributed by atoms with Crippen molar-refractivity contribution in [1.82, 2.24) is 5.32 Å². The predicted molar refractivity (Wildman–Crippen MR) is 76.0 cm³/mol.